The Kier molecular flexibility index (Phi) is 7.35. The van der Waals surface area contributed by atoms with Gasteiger partial charge in [0, 0.05) is 41.6 Å². The first-order chi connectivity index (χ1) is 15.9. The number of fused-ring (bicyclic) bond motifs is 3. The highest BCUT2D eigenvalue weighted by molar-refractivity contribution is 8.00. The fourth-order valence-corrected chi connectivity index (χ4v) is 5.58. The highest BCUT2D eigenvalue weighted by Gasteiger charge is 2.38. The van der Waals surface area contributed by atoms with Crippen LogP contribution in [-0.4, -0.2) is 40.1 Å². The van der Waals surface area contributed by atoms with Crippen molar-refractivity contribution in [2.24, 2.45) is 13.0 Å². The normalized spacial score (nSPS) is 16.2. The molecule has 0 aliphatic carbocycles. The molecule has 1 atom stereocenters. The van der Waals surface area contributed by atoms with Crippen molar-refractivity contribution in [2.75, 3.05) is 18.8 Å². The number of hydrogen-bond donors (Lipinski definition) is 1. The zero-order chi connectivity index (χ0) is 23.5. The van der Waals surface area contributed by atoms with E-state index in [1.54, 1.807) is 4.90 Å². The lowest BCUT2D eigenvalue weighted by Crippen LogP contribution is -2.45. The number of halogens is 1. The van der Waals surface area contributed by atoms with Crippen LogP contribution in [0.25, 0.3) is 10.9 Å². The monoisotopic (exact) mass is 483 g/mol. The lowest BCUT2D eigenvalue weighted by atomic mass is 10.0. The molecular weight excluding hydrogens is 454 g/mol. The molecular formula is C26H30ClN3O2S. The summed E-state index contributed by atoms with van der Waals surface area (Å²) in [6, 6.07) is 15.1. The second-order valence-corrected chi connectivity index (χ2v) is 10.3. The van der Waals surface area contributed by atoms with E-state index in [9.17, 15) is 9.59 Å². The lowest BCUT2D eigenvalue weighted by Gasteiger charge is -2.30. The summed E-state index contributed by atoms with van der Waals surface area (Å²) in [5.41, 5.74) is 3.09. The number of amides is 2. The minimum absolute atomic E-state index is 0.0155. The molecule has 0 saturated heterocycles. The molecule has 0 fully saturated rings. The maximum absolute atomic E-state index is 13.6. The largest absolute Gasteiger partial charge is 0.354 e. The van der Waals surface area contributed by atoms with Gasteiger partial charge in [-0.25, -0.2) is 0 Å². The summed E-state index contributed by atoms with van der Waals surface area (Å²) < 4.78 is 2.11. The Balaban J connectivity index is 1.73. The highest BCUT2D eigenvalue weighted by atomic mass is 35.5. The molecule has 0 radical (unpaired) electrons. The minimum Gasteiger partial charge on any atom is -0.354 e. The van der Waals surface area contributed by atoms with Crippen LogP contribution in [-0.2, 0) is 23.1 Å². The van der Waals surface area contributed by atoms with Crippen molar-refractivity contribution < 1.29 is 9.59 Å². The summed E-state index contributed by atoms with van der Waals surface area (Å²) in [5, 5.41) is 5.81. The van der Waals surface area contributed by atoms with Crippen LogP contribution in [0.5, 0.6) is 0 Å². The molecule has 1 aliphatic rings. The Bertz CT molecular complexity index is 1160. The molecule has 1 unspecified atom stereocenters. The number of rotatable bonds is 7. The molecule has 0 bridgehead atoms. The molecule has 174 valence electrons. The van der Waals surface area contributed by atoms with Gasteiger partial charge in [0.1, 0.15) is 6.04 Å². The predicted molar refractivity (Wildman–Crippen MR) is 136 cm³/mol. The Hall–Kier alpha value is -2.44. The van der Waals surface area contributed by atoms with E-state index in [1.165, 1.54) is 11.8 Å². The number of para-hydroxylation sites is 1. The van der Waals surface area contributed by atoms with Crippen LogP contribution in [0.3, 0.4) is 0 Å². The maximum atomic E-state index is 13.6. The molecule has 3 aromatic rings. The Labute approximate surface area is 204 Å². The molecule has 2 aromatic carbocycles. The summed E-state index contributed by atoms with van der Waals surface area (Å²) in [6.07, 6.45) is 1.55. The van der Waals surface area contributed by atoms with Gasteiger partial charge in [-0.1, -0.05) is 67.5 Å². The zero-order valence-electron chi connectivity index (χ0n) is 19.3. The number of hydrogen-bond acceptors (Lipinski definition) is 3. The molecule has 4 rings (SSSR count). The van der Waals surface area contributed by atoms with E-state index in [-0.39, 0.29) is 11.8 Å². The number of carbonyl (C=O) groups excluding carboxylic acids is 2. The molecule has 33 heavy (non-hydrogen) atoms. The van der Waals surface area contributed by atoms with Gasteiger partial charge in [0.15, 0.2) is 0 Å². The van der Waals surface area contributed by atoms with E-state index in [0.717, 1.165) is 33.5 Å². The second kappa shape index (κ2) is 10.2. The van der Waals surface area contributed by atoms with Crippen LogP contribution < -0.4 is 5.32 Å². The lowest BCUT2D eigenvalue weighted by molar-refractivity contribution is -0.138. The van der Waals surface area contributed by atoms with E-state index >= 15 is 0 Å². The van der Waals surface area contributed by atoms with Crippen LogP contribution in [0.2, 0.25) is 5.02 Å². The standard InChI is InChI=1S/C26H30ClN3O2S/c1-17(2)12-14-28-25(32)24-23-20-6-4-5-7-21(20)29(3)26(23)33-16-22(31)30(24)15-13-18-8-10-19(27)11-9-18/h4-11,17,24H,12-16H2,1-3H3,(H,28,32). The second-order valence-electron chi connectivity index (χ2n) is 8.92. The first-order valence-electron chi connectivity index (χ1n) is 11.4. The fraction of sp³-hybridized carbons (Fsp3) is 0.385. The summed E-state index contributed by atoms with van der Waals surface area (Å²) in [4.78, 5) is 28.7. The summed E-state index contributed by atoms with van der Waals surface area (Å²) >= 11 is 7.55. The molecule has 2 heterocycles. The molecule has 1 aliphatic heterocycles. The average Bonchev–Trinajstić information content (AvgIpc) is 2.97. The van der Waals surface area contributed by atoms with Crippen molar-refractivity contribution in [3.05, 3.63) is 64.7 Å². The quantitative estimate of drug-likeness (QED) is 0.501. The van der Waals surface area contributed by atoms with E-state index in [4.69, 9.17) is 11.6 Å². The van der Waals surface area contributed by atoms with Crippen molar-refractivity contribution >= 4 is 46.1 Å². The van der Waals surface area contributed by atoms with E-state index < -0.39 is 6.04 Å². The van der Waals surface area contributed by atoms with Crippen molar-refractivity contribution in [1.29, 1.82) is 0 Å². The molecule has 5 nitrogen and oxygen atoms in total. The van der Waals surface area contributed by atoms with Crippen LogP contribution >= 0.6 is 23.4 Å². The van der Waals surface area contributed by atoms with Gasteiger partial charge in [-0.15, -0.1) is 0 Å². The van der Waals surface area contributed by atoms with Crippen LogP contribution in [0.4, 0.5) is 0 Å². The third-order valence-corrected chi connectivity index (χ3v) is 7.56. The minimum atomic E-state index is -0.659. The number of aromatic nitrogens is 1. The van der Waals surface area contributed by atoms with Crippen LogP contribution in [0.15, 0.2) is 53.6 Å². The summed E-state index contributed by atoms with van der Waals surface area (Å²) in [6.45, 7) is 5.34. The third-order valence-electron chi connectivity index (χ3n) is 6.15. The smallest absolute Gasteiger partial charge is 0.247 e. The van der Waals surface area contributed by atoms with Gasteiger partial charge in [-0.3, -0.25) is 9.59 Å². The number of nitrogens with one attached hydrogen (secondary N) is 1. The van der Waals surface area contributed by atoms with Crippen molar-refractivity contribution in [3.8, 4) is 0 Å². The van der Waals surface area contributed by atoms with Gasteiger partial charge >= 0.3 is 0 Å². The maximum Gasteiger partial charge on any atom is 0.247 e. The third kappa shape index (κ3) is 5.07. The number of thioether (sulfide) groups is 1. The highest BCUT2D eigenvalue weighted by Crippen LogP contribution is 2.41. The van der Waals surface area contributed by atoms with Crippen molar-refractivity contribution in [2.45, 2.75) is 37.8 Å². The number of benzene rings is 2. The van der Waals surface area contributed by atoms with Gasteiger partial charge in [-0.05, 0) is 42.5 Å². The van der Waals surface area contributed by atoms with Crippen molar-refractivity contribution in [1.82, 2.24) is 14.8 Å². The molecule has 0 saturated carbocycles. The Morgan fingerprint density at radius 2 is 1.91 bits per heavy atom. The average molecular weight is 484 g/mol. The van der Waals surface area contributed by atoms with Crippen LogP contribution in [0, 0.1) is 5.92 Å². The molecule has 1 aromatic heterocycles. The van der Waals surface area contributed by atoms with Gasteiger partial charge in [0.25, 0.3) is 0 Å². The topological polar surface area (TPSA) is 54.3 Å². The fourth-order valence-electron chi connectivity index (χ4n) is 4.36. The summed E-state index contributed by atoms with van der Waals surface area (Å²) in [7, 11) is 2.01. The number of aryl methyl sites for hydroxylation is 1. The summed E-state index contributed by atoms with van der Waals surface area (Å²) in [5.74, 6) is 0.678. The predicted octanol–water partition coefficient (Wildman–Crippen LogP) is 5.21. The molecule has 7 heteroatoms. The van der Waals surface area contributed by atoms with E-state index in [0.29, 0.717) is 36.2 Å². The van der Waals surface area contributed by atoms with Gasteiger partial charge in [0.05, 0.1) is 10.8 Å². The zero-order valence-corrected chi connectivity index (χ0v) is 20.9. The number of carbonyl (C=O) groups is 2. The van der Waals surface area contributed by atoms with Crippen molar-refractivity contribution in [3.63, 3.8) is 0 Å². The molecule has 2 amide bonds. The first kappa shape index (κ1) is 23.7. The van der Waals surface area contributed by atoms with Gasteiger partial charge < -0.3 is 14.8 Å². The van der Waals surface area contributed by atoms with Gasteiger partial charge in [-0.2, -0.15) is 0 Å². The van der Waals surface area contributed by atoms with Gasteiger partial charge in [0.2, 0.25) is 11.8 Å². The molecule has 0 spiro atoms. The Morgan fingerprint density at radius 1 is 1.18 bits per heavy atom. The van der Waals surface area contributed by atoms with Crippen LogP contribution in [0.1, 0.15) is 37.4 Å². The first-order valence-corrected chi connectivity index (χ1v) is 12.7. The SMILES string of the molecule is CC(C)CCNC(=O)C1c2c(n(C)c3ccccc23)SCC(=O)N1CCc1ccc(Cl)cc1. The number of nitrogens with zero attached hydrogens (tertiary/aromatic N) is 2. The van der Waals surface area contributed by atoms with E-state index in [2.05, 4.69) is 35.9 Å². The molecule has 1 N–H and O–H groups in total. The Morgan fingerprint density at radius 3 is 2.64 bits per heavy atom. The van der Waals surface area contributed by atoms with E-state index in [1.807, 2.05) is 43.4 Å².